The molecule has 0 aromatic carbocycles. The van der Waals surface area contributed by atoms with Crippen molar-refractivity contribution in [2.24, 2.45) is 0 Å². The van der Waals surface area contributed by atoms with Crippen LogP contribution in [0.3, 0.4) is 0 Å². The van der Waals surface area contributed by atoms with Crippen LogP contribution in [0.2, 0.25) is 0 Å². The second-order valence-corrected chi connectivity index (χ2v) is 1.09. The van der Waals surface area contributed by atoms with Gasteiger partial charge in [0.25, 0.3) is 0 Å². The Labute approximate surface area is 75.9 Å². The first-order chi connectivity index (χ1) is 3.72. The van der Waals surface area contributed by atoms with Crippen LogP contribution < -0.4 is 29.6 Å². The van der Waals surface area contributed by atoms with E-state index in [2.05, 4.69) is 0 Å². The molecule has 0 spiro atoms. The van der Waals surface area contributed by atoms with Crippen LogP contribution in [0.4, 0.5) is 0 Å². The van der Waals surface area contributed by atoms with E-state index in [-0.39, 0.29) is 37.3 Å². The topological polar surface area (TPSA) is 60.2 Å². The maximum absolute atomic E-state index is 9.67. The Morgan fingerprint density at radius 1 is 1.78 bits per heavy atom. The summed E-state index contributed by atoms with van der Waals surface area (Å²) in [5, 5.41) is 9.67. The molecule has 0 saturated carbocycles. The quantitative estimate of drug-likeness (QED) is 0.139. The first-order valence-electron chi connectivity index (χ1n) is 1.98. The summed E-state index contributed by atoms with van der Waals surface area (Å²) in [6.07, 6.45) is 1.35. The fourth-order valence-electron chi connectivity index (χ4n) is 0.216. The van der Waals surface area contributed by atoms with E-state index in [1.54, 1.807) is 0 Å². The van der Waals surface area contributed by atoms with Crippen molar-refractivity contribution in [1.82, 2.24) is 0 Å². The number of hydrogen-bond acceptors (Lipinski definition) is 3. The van der Waals surface area contributed by atoms with Crippen LogP contribution in [0.1, 0.15) is 8.35 Å². The Bertz CT molecular complexity index is 147. The molecule has 0 aliphatic heterocycles. The van der Waals surface area contributed by atoms with Crippen molar-refractivity contribution < 1.29 is 40.7 Å². The first-order valence-corrected chi connectivity index (χ1v) is 1.98. The van der Waals surface area contributed by atoms with E-state index in [0.29, 0.717) is 0 Å². The second kappa shape index (κ2) is 5.94. The summed E-state index contributed by atoms with van der Waals surface area (Å²) in [4.78, 5) is 18.6. The van der Waals surface area contributed by atoms with Gasteiger partial charge in [0.1, 0.15) is 0 Å². The Morgan fingerprint density at radius 2 is 2.22 bits per heavy atom. The summed E-state index contributed by atoms with van der Waals surface area (Å²) in [6, 6.07) is 0. The van der Waals surface area contributed by atoms with E-state index in [9.17, 15) is 14.9 Å². The number of hydrogen-bond donors (Lipinski definition) is 0. The Morgan fingerprint density at radius 3 is 2.22 bits per heavy atom. The molecule has 0 unspecified atom stereocenters. The van der Waals surface area contributed by atoms with Crippen molar-refractivity contribution in [2.75, 3.05) is 0 Å². The molecule has 0 atom stereocenters. The van der Waals surface area contributed by atoms with Gasteiger partial charge in [0, 0.05) is 0 Å². The summed E-state index contributed by atoms with van der Waals surface area (Å²) >= 11 is 0. The standard InChI is InChI=1S/C4H5NO3.Na.H/c1-2-4(3-6)5(7)8;;/h2-3H,1H3;;/q;+1;-1. The molecule has 46 valence electrons. The normalized spacial score (nSPS) is 9.67. The van der Waals surface area contributed by atoms with Gasteiger partial charge < -0.3 is 1.43 Å². The van der Waals surface area contributed by atoms with Gasteiger partial charge in [-0.15, -0.1) is 0 Å². The van der Waals surface area contributed by atoms with Crippen LogP contribution in [-0.2, 0) is 4.79 Å². The first kappa shape index (κ1) is 11.6. The molecule has 0 aliphatic carbocycles. The molecule has 0 aliphatic rings. The second-order valence-electron chi connectivity index (χ2n) is 1.09. The van der Waals surface area contributed by atoms with Gasteiger partial charge in [-0.3, -0.25) is 14.9 Å². The minimum Gasteiger partial charge on any atom is -1.00 e. The van der Waals surface area contributed by atoms with Gasteiger partial charge in [-0.05, 0) is 13.0 Å². The number of rotatable bonds is 2. The van der Waals surface area contributed by atoms with Gasteiger partial charge in [-0.25, -0.2) is 0 Å². The van der Waals surface area contributed by atoms with Gasteiger partial charge in [0.2, 0.25) is 6.29 Å². The maximum atomic E-state index is 9.67. The van der Waals surface area contributed by atoms with E-state index in [4.69, 9.17) is 0 Å². The van der Waals surface area contributed by atoms with Crippen molar-refractivity contribution in [3.63, 3.8) is 0 Å². The van der Waals surface area contributed by atoms with Crippen LogP contribution in [-0.4, -0.2) is 11.2 Å². The smallest absolute Gasteiger partial charge is 1.00 e. The van der Waals surface area contributed by atoms with Gasteiger partial charge in [0.15, 0.2) is 0 Å². The predicted molar refractivity (Wildman–Crippen MR) is 27.9 cm³/mol. The molecule has 0 saturated heterocycles. The van der Waals surface area contributed by atoms with Crippen molar-refractivity contribution in [3.05, 3.63) is 21.9 Å². The molecular formula is C4H6NNaO3. The zero-order valence-electron chi connectivity index (χ0n) is 6.33. The van der Waals surface area contributed by atoms with Crippen LogP contribution >= 0.6 is 0 Å². The van der Waals surface area contributed by atoms with E-state index in [0.717, 1.165) is 6.08 Å². The van der Waals surface area contributed by atoms with Crippen LogP contribution in [0.15, 0.2) is 11.8 Å². The number of carbonyl (C=O) groups excluding carboxylic acids is 1. The van der Waals surface area contributed by atoms with E-state index in [1.807, 2.05) is 0 Å². The maximum Gasteiger partial charge on any atom is 1.00 e. The molecular weight excluding hydrogens is 133 g/mol. The van der Waals surface area contributed by atoms with E-state index >= 15 is 0 Å². The molecule has 0 bridgehead atoms. The fraction of sp³-hybridized carbons (Fsp3) is 0.250. The van der Waals surface area contributed by atoms with E-state index < -0.39 is 10.6 Å². The largest absolute Gasteiger partial charge is 1.00 e. The third-order valence-electron chi connectivity index (χ3n) is 0.627. The summed E-state index contributed by atoms with van der Waals surface area (Å²) in [5.74, 6) is 0. The summed E-state index contributed by atoms with van der Waals surface area (Å²) in [5.41, 5.74) is -0.398. The number of nitro groups is 1. The number of allylic oxidation sites excluding steroid dienone is 2. The zero-order valence-corrected chi connectivity index (χ0v) is 7.33. The molecule has 0 radical (unpaired) electrons. The molecule has 0 aromatic rings. The molecule has 0 fully saturated rings. The molecule has 0 amide bonds. The van der Waals surface area contributed by atoms with Crippen molar-refractivity contribution in [3.8, 4) is 0 Å². The number of aldehydes is 1. The predicted octanol–water partition coefficient (Wildman–Crippen LogP) is -2.52. The zero-order chi connectivity index (χ0) is 6.57. The van der Waals surface area contributed by atoms with Gasteiger partial charge >= 0.3 is 35.3 Å². The average Bonchev–Trinajstić information content (AvgIpc) is 1.69. The van der Waals surface area contributed by atoms with Gasteiger partial charge in [-0.2, -0.15) is 0 Å². The average molecular weight is 139 g/mol. The van der Waals surface area contributed by atoms with Crippen molar-refractivity contribution in [2.45, 2.75) is 6.92 Å². The van der Waals surface area contributed by atoms with Crippen molar-refractivity contribution in [1.29, 1.82) is 0 Å². The molecule has 0 N–H and O–H groups in total. The van der Waals surface area contributed by atoms with Gasteiger partial charge in [0.05, 0.1) is 4.92 Å². The van der Waals surface area contributed by atoms with Crippen LogP contribution in [0.25, 0.3) is 0 Å². The minimum atomic E-state index is -0.729. The molecule has 4 nitrogen and oxygen atoms in total. The van der Waals surface area contributed by atoms with Crippen LogP contribution in [0, 0.1) is 10.1 Å². The third kappa shape index (κ3) is 4.32. The van der Waals surface area contributed by atoms with Crippen molar-refractivity contribution >= 4 is 6.29 Å². The molecule has 9 heavy (non-hydrogen) atoms. The Balaban J connectivity index is -0.000000245. The van der Waals surface area contributed by atoms with Crippen LogP contribution in [0.5, 0.6) is 0 Å². The summed E-state index contributed by atoms with van der Waals surface area (Å²) in [7, 11) is 0. The molecule has 5 heteroatoms. The summed E-state index contributed by atoms with van der Waals surface area (Å²) < 4.78 is 0. The fourth-order valence-corrected chi connectivity index (χ4v) is 0.216. The molecule has 0 rings (SSSR count). The molecule has 0 heterocycles. The monoisotopic (exact) mass is 139 g/mol. The van der Waals surface area contributed by atoms with E-state index in [1.165, 1.54) is 6.92 Å². The third-order valence-corrected chi connectivity index (χ3v) is 0.627. The Hall–Kier alpha value is -0.190. The minimum absolute atomic E-state index is 0. The number of nitrogens with zero attached hydrogens (tertiary/aromatic N) is 1. The number of carbonyl (C=O) groups is 1. The Kier molecular flexibility index (Phi) is 7.65. The van der Waals surface area contributed by atoms with Gasteiger partial charge in [-0.1, -0.05) is 0 Å². The SMILES string of the molecule is CC=C(C=O)[N+](=O)[O-].[H-].[Na+]. The summed E-state index contributed by atoms with van der Waals surface area (Å²) in [6.45, 7) is 1.44. The molecule has 0 aromatic heterocycles.